The van der Waals surface area contributed by atoms with E-state index < -0.39 is 12.2 Å². The smallest absolute Gasteiger partial charge is 0.405 e. The SMILES string of the molecule is Cc1cccc(CC(=O)C(C)OC(N)=O)c1C(=O)Nc1cc[nH]n1. The number of aromatic amines is 1. The average Bonchev–Trinajstić information content (AvgIpc) is 2.99. The van der Waals surface area contributed by atoms with Gasteiger partial charge in [0.15, 0.2) is 17.7 Å². The van der Waals surface area contributed by atoms with Gasteiger partial charge in [0.05, 0.1) is 0 Å². The first-order valence-corrected chi connectivity index (χ1v) is 7.27. The van der Waals surface area contributed by atoms with Crippen molar-refractivity contribution in [3.8, 4) is 0 Å². The molecule has 2 rings (SSSR count). The van der Waals surface area contributed by atoms with Crippen LogP contribution in [0, 0.1) is 6.92 Å². The summed E-state index contributed by atoms with van der Waals surface area (Å²) >= 11 is 0. The van der Waals surface area contributed by atoms with Crippen molar-refractivity contribution < 1.29 is 19.1 Å². The number of nitrogens with two attached hydrogens (primary N) is 1. The van der Waals surface area contributed by atoms with Crippen molar-refractivity contribution in [3.05, 3.63) is 47.2 Å². The molecule has 24 heavy (non-hydrogen) atoms. The van der Waals surface area contributed by atoms with Crippen molar-refractivity contribution in [2.45, 2.75) is 26.4 Å². The molecular formula is C16H18N4O4. The highest BCUT2D eigenvalue weighted by Gasteiger charge is 2.21. The fraction of sp³-hybridized carbons (Fsp3) is 0.250. The largest absolute Gasteiger partial charge is 0.439 e. The molecule has 1 aromatic heterocycles. The van der Waals surface area contributed by atoms with Crippen molar-refractivity contribution >= 4 is 23.6 Å². The third kappa shape index (κ3) is 4.19. The standard InChI is InChI=1S/C16H18N4O4/c1-9-4-3-5-11(8-12(21)10(2)24-16(17)23)14(9)15(22)19-13-6-7-18-20-13/h3-7,10H,8H2,1-2H3,(H2,17,23)(H2,18,19,20,22). The topological polar surface area (TPSA) is 127 Å². The Morgan fingerprint density at radius 3 is 2.71 bits per heavy atom. The summed E-state index contributed by atoms with van der Waals surface area (Å²) in [4.78, 5) is 35.4. The number of Topliss-reactive ketones (excluding diaryl/α,β-unsaturated/α-hetero) is 1. The minimum Gasteiger partial charge on any atom is -0.439 e. The maximum atomic E-state index is 12.5. The molecule has 126 valence electrons. The van der Waals surface area contributed by atoms with Gasteiger partial charge in [0.2, 0.25) is 0 Å². The Bertz CT molecular complexity index is 755. The zero-order valence-corrected chi connectivity index (χ0v) is 13.3. The molecule has 0 spiro atoms. The number of anilines is 1. The number of carbonyl (C=O) groups excluding carboxylic acids is 3. The first kappa shape index (κ1) is 17.2. The number of hydrogen-bond donors (Lipinski definition) is 3. The summed E-state index contributed by atoms with van der Waals surface area (Å²) in [7, 11) is 0. The van der Waals surface area contributed by atoms with Crippen molar-refractivity contribution in [2.24, 2.45) is 5.73 Å². The summed E-state index contributed by atoms with van der Waals surface area (Å²) in [6.45, 7) is 3.21. The highest BCUT2D eigenvalue weighted by Crippen LogP contribution is 2.18. The Hall–Kier alpha value is -3.16. The monoisotopic (exact) mass is 330 g/mol. The van der Waals surface area contributed by atoms with Crippen LogP contribution in [0.4, 0.5) is 10.6 Å². The number of carbonyl (C=O) groups is 3. The van der Waals surface area contributed by atoms with Gasteiger partial charge in [-0.3, -0.25) is 14.7 Å². The van der Waals surface area contributed by atoms with Gasteiger partial charge in [-0.05, 0) is 25.0 Å². The Kier molecular flexibility index (Phi) is 5.31. The lowest BCUT2D eigenvalue weighted by atomic mass is 9.96. The molecule has 1 atom stereocenters. The van der Waals surface area contributed by atoms with Gasteiger partial charge in [0.1, 0.15) is 0 Å². The average molecular weight is 330 g/mol. The van der Waals surface area contributed by atoms with E-state index in [0.29, 0.717) is 16.9 Å². The van der Waals surface area contributed by atoms with E-state index in [4.69, 9.17) is 5.73 Å². The summed E-state index contributed by atoms with van der Waals surface area (Å²) in [5.74, 6) is -0.342. The second kappa shape index (κ2) is 7.40. The number of nitrogens with zero attached hydrogens (tertiary/aromatic N) is 1. The number of benzene rings is 1. The van der Waals surface area contributed by atoms with Crippen LogP contribution in [0.15, 0.2) is 30.5 Å². The highest BCUT2D eigenvalue weighted by atomic mass is 16.6. The van der Waals surface area contributed by atoms with Gasteiger partial charge in [0.25, 0.3) is 5.91 Å². The van der Waals surface area contributed by atoms with Gasteiger partial charge >= 0.3 is 6.09 Å². The summed E-state index contributed by atoms with van der Waals surface area (Å²) in [6, 6.07) is 6.82. The lowest BCUT2D eigenvalue weighted by molar-refractivity contribution is -0.125. The van der Waals surface area contributed by atoms with E-state index in [1.165, 1.54) is 6.92 Å². The van der Waals surface area contributed by atoms with Crippen LogP contribution in [0.2, 0.25) is 0 Å². The van der Waals surface area contributed by atoms with Crippen molar-refractivity contribution in [2.75, 3.05) is 5.32 Å². The molecule has 8 heteroatoms. The first-order valence-electron chi connectivity index (χ1n) is 7.27. The quantitative estimate of drug-likeness (QED) is 0.740. The summed E-state index contributed by atoms with van der Waals surface area (Å²) in [5.41, 5.74) is 6.56. The zero-order valence-electron chi connectivity index (χ0n) is 13.3. The zero-order chi connectivity index (χ0) is 17.7. The highest BCUT2D eigenvalue weighted by molar-refractivity contribution is 6.06. The predicted octanol–water partition coefficient (Wildman–Crippen LogP) is 1.57. The van der Waals surface area contributed by atoms with Crippen LogP contribution >= 0.6 is 0 Å². The number of primary amides is 1. The molecule has 1 heterocycles. The van der Waals surface area contributed by atoms with Gasteiger partial charge in [-0.1, -0.05) is 18.2 Å². The Morgan fingerprint density at radius 1 is 1.33 bits per heavy atom. The fourth-order valence-electron chi connectivity index (χ4n) is 2.28. The molecular weight excluding hydrogens is 312 g/mol. The minimum atomic E-state index is -1.02. The Morgan fingerprint density at radius 2 is 2.08 bits per heavy atom. The number of hydrogen-bond acceptors (Lipinski definition) is 5. The molecule has 2 amide bonds. The number of H-pyrrole nitrogens is 1. The second-order valence-electron chi connectivity index (χ2n) is 5.24. The van der Waals surface area contributed by atoms with E-state index in [9.17, 15) is 14.4 Å². The number of ketones is 1. The maximum absolute atomic E-state index is 12.5. The molecule has 0 fully saturated rings. The molecule has 2 aromatic rings. The summed E-state index contributed by atoms with van der Waals surface area (Å²) < 4.78 is 4.67. The van der Waals surface area contributed by atoms with Crippen molar-refractivity contribution in [3.63, 3.8) is 0 Å². The lowest BCUT2D eigenvalue weighted by Gasteiger charge is -2.14. The van der Waals surface area contributed by atoms with Crippen molar-refractivity contribution in [1.29, 1.82) is 0 Å². The van der Waals surface area contributed by atoms with Gasteiger partial charge in [-0.25, -0.2) is 4.79 Å². The van der Waals surface area contributed by atoms with Crippen LogP contribution in [0.3, 0.4) is 0 Å². The number of amides is 2. The molecule has 0 aliphatic heterocycles. The Labute approximate surface area is 138 Å². The number of ether oxygens (including phenoxy) is 1. The van der Waals surface area contributed by atoms with Crippen LogP contribution in [-0.2, 0) is 16.0 Å². The van der Waals surface area contributed by atoms with E-state index in [1.807, 2.05) is 0 Å². The minimum absolute atomic E-state index is 0.0561. The molecule has 0 radical (unpaired) electrons. The second-order valence-corrected chi connectivity index (χ2v) is 5.24. The number of aryl methyl sites for hydroxylation is 1. The third-order valence-corrected chi connectivity index (χ3v) is 3.44. The van der Waals surface area contributed by atoms with Gasteiger partial charge in [0, 0.05) is 24.2 Å². The van der Waals surface area contributed by atoms with E-state index in [-0.39, 0.29) is 18.1 Å². The summed E-state index contributed by atoms with van der Waals surface area (Å²) in [6.07, 6.45) is -0.470. The summed E-state index contributed by atoms with van der Waals surface area (Å²) in [5, 5.41) is 9.13. The lowest BCUT2D eigenvalue weighted by Crippen LogP contribution is -2.29. The molecule has 0 bridgehead atoms. The van der Waals surface area contributed by atoms with Crippen LogP contribution < -0.4 is 11.1 Å². The molecule has 4 N–H and O–H groups in total. The van der Waals surface area contributed by atoms with Gasteiger partial charge in [-0.2, -0.15) is 5.10 Å². The van der Waals surface area contributed by atoms with Crippen LogP contribution in [0.5, 0.6) is 0 Å². The maximum Gasteiger partial charge on any atom is 0.405 e. The third-order valence-electron chi connectivity index (χ3n) is 3.44. The van der Waals surface area contributed by atoms with E-state index >= 15 is 0 Å². The Balaban J connectivity index is 2.21. The van der Waals surface area contributed by atoms with E-state index in [2.05, 4.69) is 20.3 Å². The molecule has 1 unspecified atom stereocenters. The van der Waals surface area contributed by atoms with Crippen LogP contribution in [0.25, 0.3) is 0 Å². The molecule has 1 aromatic carbocycles. The normalized spacial score (nSPS) is 11.6. The van der Waals surface area contributed by atoms with Crippen LogP contribution in [0.1, 0.15) is 28.4 Å². The molecule has 0 saturated carbocycles. The number of nitrogens with one attached hydrogen (secondary N) is 2. The van der Waals surface area contributed by atoms with Crippen LogP contribution in [-0.4, -0.2) is 34.1 Å². The molecule has 0 saturated heterocycles. The molecule has 0 aliphatic rings. The fourth-order valence-corrected chi connectivity index (χ4v) is 2.28. The predicted molar refractivity (Wildman–Crippen MR) is 86.6 cm³/mol. The van der Waals surface area contributed by atoms with Gasteiger partial charge < -0.3 is 15.8 Å². The van der Waals surface area contributed by atoms with Gasteiger partial charge in [-0.15, -0.1) is 0 Å². The van der Waals surface area contributed by atoms with Crippen molar-refractivity contribution in [1.82, 2.24) is 10.2 Å². The number of aromatic nitrogens is 2. The van der Waals surface area contributed by atoms with E-state index in [1.54, 1.807) is 37.4 Å². The number of rotatable bonds is 6. The molecule has 8 nitrogen and oxygen atoms in total. The molecule has 0 aliphatic carbocycles. The van der Waals surface area contributed by atoms with E-state index in [0.717, 1.165) is 5.56 Å². The first-order chi connectivity index (χ1) is 11.4.